The number of nitrogens with zero attached hydrogens (tertiary/aromatic N) is 1. The number of anilines is 2. The number of primary sulfonamides is 1. The van der Waals surface area contributed by atoms with Crippen LogP contribution in [-0.4, -0.2) is 35.6 Å². The molecule has 34 heavy (non-hydrogen) atoms. The molecule has 0 aliphatic heterocycles. The summed E-state index contributed by atoms with van der Waals surface area (Å²) in [5.41, 5.74) is 1.35. The highest BCUT2D eigenvalue weighted by Crippen LogP contribution is 2.24. The highest BCUT2D eigenvalue weighted by Gasteiger charge is 2.18. The topological polar surface area (TPSA) is 136 Å². The van der Waals surface area contributed by atoms with E-state index < -0.39 is 31.8 Å². The molecule has 0 heterocycles. The Labute approximate surface area is 197 Å². The van der Waals surface area contributed by atoms with E-state index in [2.05, 4.69) is 5.32 Å². The fourth-order valence-corrected chi connectivity index (χ4v) is 4.34. The van der Waals surface area contributed by atoms with Crippen molar-refractivity contribution in [1.29, 1.82) is 0 Å². The Kier molecular flexibility index (Phi) is 7.54. The van der Waals surface area contributed by atoms with E-state index >= 15 is 0 Å². The summed E-state index contributed by atoms with van der Waals surface area (Å²) in [6.07, 6.45) is 1.07. The molecule has 0 aromatic heterocycles. The fourth-order valence-electron chi connectivity index (χ4n) is 2.94. The largest absolute Gasteiger partial charge is 0.484 e. The predicted octanol–water partition coefficient (Wildman–Crippen LogP) is 2.46. The summed E-state index contributed by atoms with van der Waals surface area (Å²) in [5.74, 6) is -0.569. The Morgan fingerprint density at radius 2 is 1.53 bits per heavy atom. The van der Waals surface area contributed by atoms with Gasteiger partial charge >= 0.3 is 0 Å². The van der Waals surface area contributed by atoms with E-state index in [0.29, 0.717) is 22.7 Å². The minimum Gasteiger partial charge on any atom is -0.484 e. The highest BCUT2D eigenvalue weighted by molar-refractivity contribution is 7.92. The summed E-state index contributed by atoms with van der Waals surface area (Å²) in [5, 5.41) is 7.59. The molecule has 0 spiro atoms. The third-order valence-corrected chi connectivity index (χ3v) is 6.67. The van der Waals surface area contributed by atoms with Gasteiger partial charge in [-0.05, 0) is 66.2 Å². The van der Waals surface area contributed by atoms with E-state index in [0.717, 1.165) is 6.26 Å². The molecule has 0 saturated heterocycles. The summed E-state index contributed by atoms with van der Waals surface area (Å²) in [4.78, 5) is 12.0. The number of rotatable bonds is 9. The molecule has 0 unspecified atom stereocenters. The van der Waals surface area contributed by atoms with Crippen molar-refractivity contribution in [2.75, 3.05) is 22.5 Å². The molecule has 0 saturated carbocycles. The highest BCUT2D eigenvalue weighted by atomic mass is 32.2. The average molecular weight is 508 g/mol. The molecule has 3 N–H and O–H groups in total. The summed E-state index contributed by atoms with van der Waals surface area (Å²) in [6.45, 7) is -0.312. The van der Waals surface area contributed by atoms with Crippen LogP contribution in [0.5, 0.6) is 5.75 Å². The number of ether oxygens (including phenoxy) is 1. The van der Waals surface area contributed by atoms with Crippen molar-refractivity contribution in [3.05, 3.63) is 84.2 Å². The molecule has 0 atom stereocenters. The number of nitrogens with one attached hydrogen (secondary N) is 1. The molecule has 3 rings (SSSR count). The van der Waals surface area contributed by atoms with Crippen LogP contribution in [0.25, 0.3) is 0 Å². The minimum atomic E-state index is -3.83. The summed E-state index contributed by atoms with van der Waals surface area (Å²) in [6, 6.07) is 17.0. The van der Waals surface area contributed by atoms with E-state index in [-0.39, 0.29) is 18.0 Å². The van der Waals surface area contributed by atoms with E-state index in [4.69, 9.17) is 9.88 Å². The quantitative estimate of drug-likeness (QED) is 0.457. The van der Waals surface area contributed by atoms with Crippen molar-refractivity contribution >= 4 is 37.3 Å². The summed E-state index contributed by atoms with van der Waals surface area (Å²) >= 11 is 0. The molecule has 9 nitrogen and oxygen atoms in total. The lowest BCUT2D eigenvalue weighted by molar-refractivity contribution is -0.118. The molecule has 180 valence electrons. The number of carbonyl (C=O) groups is 1. The maximum atomic E-state index is 13.1. The molecular weight excluding hydrogens is 485 g/mol. The van der Waals surface area contributed by atoms with Gasteiger partial charge in [-0.2, -0.15) is 0 Å². The second-order valence-corrected chi connectivity index (χ2v) is 10.8. The van der Waals surface area contributed by atoms with Gasteiger partial charge in [0, 0.05) is 5.69 Å². The van der Waals surface area contributed by atoms with Crippen LogP contribution in [0.15, 0.2) is 77.7 Å². The minimum absolute atomic E-state index is 0.0198. The van der Waals surface area contributed by atoms with Gasteiger partial charge in [-0.25, -0.2) is 26.4 Å². The van der Waals surface area contributed by atoms with Crippen LogP contribution in [-0.2, 0) is 31.4 Å². The second kappa shape index (κ2) is 10.2. The number of hydrogen-bond donors (Lipinski definition) is 2. The monoisotopic (exact) mass is 507 g/mol. The van der Waals surface area contributed by atoms with Crippen molar-refractivity contribution < 1.29 is 30.8 Å². The van der Waals surface area contributed by atoms with Crippen LogP contribution in [0.4, 0.5) is 15.8 Å². The first kappa shape index (κ1) is 25.1. The first-order valence-corrected chi connectivity index (χ1v) is 13.2. The zero-order valence-corrected chi connectivity index (χ0v) is 19.6. The standard InChI is InChI=1S/C22H22FN3O6S2/c1-33(28,29)26(14-16-2-4-17(23)5-3-16)19-8-10-20(11-9-19)32-15-22(27)25-18-6-12-21(13-7-18)34(24,30)31/h2-13H,14-15H2,1H3,(H,25,27)(H2,24,30,31). The molecule has 0 bridgehead atoms. The van der Waals surface area contributed by atoms with Gasteiger partial charge in [0.15, 0.2) is 6.61 Å². The number of halogens is 1. The molecule has 0 fully saturated rings. The van der Waals surface area contributed by atoms with Crippen molar-refractivity contribution in [2.45, 2.75) is 11.4 Å². The lowest BCUT2D eigenvalue weighted by atomic mass is 10.2. The Morgan fingerprint density at radius 3 is 2.06 bits per heavy atom. The number of nitrogens with two attached hydrogens (primary N) is 1. The Balaban J connectivity index is 1.61. The zero-order valence-electron chi connectivity index (χ0n) is 18.0. The van der Waals surface area contributed by atoms with Crippen LogP contribution in [0.3, 0.4) is 0 Å². The van der Waals surface area contributed by atoms with E-state index in [9.17, 15) is 26.0 Å². The maximum absolute atomic E-state index is 13.1. The molecule has 1 amide bonds. The number of benzene rings is 3. The van der Waals surface area contributed by atoms with Crippen molar-refractivity contribution in [3.8, 4) is 5.75 Å². The number of amides is 1. The van der Waals surface area contributed by atoms with Crippen molar-refractivity contribution in [1.82, 2.24) is 0 Å². The van der Waals surface area contributed by atoms with Crippen LogP contribution >= 0.6 is 0 Å². The molecular formula is C22H22FN3O6S2. The van der Waals surface area contributed by atoms with Crippen LogP contribution in [0.1, 0.15) is 5.56 Å². The summed E-state index contributed by atoms with van der Waals surface area (Å²) in [7, 11) is -7.45. The number of carbonyl (C=O) groups excluding carboxylic acids is 1. The summed E-state index contributed by atoms with van der Waals surface area (Å²) < 4.78 is 66.8. The lowest BCUT2D eigenvalue weighted by Gasteiger charge is -2.22. The van der Waals surface area contributed by atoms with Gasteiger partial charge in [-0.3, -0.25) is 9.10 Å². The van der Waals surface area contributed by atoms with E-state index in [1.165, 1.54) is 77.1 Å². The fraction of sp³-hybridized carbons (Fsp3) is 0.136. The SMILES string of the molecule is CS(=O)(=O)N(Cc1ccc(F)cc1)c1ccc(OCC(=O)Nc2ccc(S(N)(=O)=O)cc2)cc1. The van der Waals surface area contributed by atoms with Gasteiger partial charge in [0.05, 0.1) is 23.4 Å². The van der Waals surface area contributed by atoms with Gasteiger partial charge in [0.2, 0.25) is 20.0 Å². The number of sulfonamides is 2. The smallest absolute Gasteiger partial charge is 0.262 e. The van der Waals surface area contributed by atoms with Crippen molar-refractivity contribution in [2.24, 2.45) is 5.14 Å². The van der Waals surface area contributed by atoms with Crippen molar-refractivity contribution in [3.63, 3.8) is 0 Å². The molecule has 12 heteroatoms. The first-order valence-electron chi connectivity index (χ1n) is 9.79. The Bertz CT molecular complexity index is 1360. The normalized spacial score (nSPS) is 11.6. The predicted molar refractivity (Wildman–Crippen MR) is 126 cm³/mol. The number of hydrogen-bond acceptors (Lipinski definition) is 6. The van der Waals surface area contributed by atoms with Gasteiger partial charge in [-0.1, -0.05) is 12.1 Å². The second-order valence-electron chi connectivity index (χ2n) is 7.30. The van der Waals surface area contributed by atoms with Gasteiger partial charge < -0.3 is 10.1 Å². The third-order valence-electron chi connectivity index (χ3n) is 4.60. The molecule has 0 aliphatic carbocycles. The van der Waals surface area contributed by atoms with E-state index in [1.807, 2.05) is 0 Å². The van der Waals surface area contributed by atoms with Crippen LogP contribution in [0.2, 0.25) is 0 Å². The zero-order chi connectivity index (χ0) is 24.9. The Hall–Kier alpha value is -3.48. The molecule has 0 radical (unpaired) electrons. The van der Waals surface area contributed by atoms with Crippen LogP contribution in [0, 0.1) is 5.82 Å². The van der Waals surface area contributed by atoms with Gasteiger partial charge in [0.25, 0.3) is 5.91 Å². The first-order chi connectivity index (χ1) is 15.9. The molecule has 3 aromatic rings. The van der Waals surface area contributed by atoms with Gasteiger partial charge in [0.1, 0.15) is 11.6 Å². The third kappa shape index (κ3) is 7.01. The molecule has 0 aliphatic rings. The van der Waals surface area contributed by atoms with Crippen LogP contribution < -0.4 is 19.5 Å². The Morgan fingerprint density at radius 1 is 0.941 bits per heavy atom. The average Bonchev–Trinajstić information content (AvgIpc) is 2.77. The lowest BCUT2D eigenvalue weighted by Crippen LogP contribution is -2.29. The van der Waals surface area contributed by atoms with E-state index in [1.54, 1.807) is 0 Å². The molecule has 3 aromatic carbocycles. The maximum Gasteiger partial charge on any atom is 0.262 e. The van der Waals surface area contributed by atoms with Gasteiger partial charge in [-0.15, -0.1) is 0 Å².